The number of rotatable bonds is 2. The molecule has 0 spiro atoms. The molecule has 2 N–H and O–H groups in total. The lowest BCUT2D eigenvalue weighted by Crippen LogP contribution is -1.98. The van der Waals surface area contributed by atoms with Gasteiger partial charge in [-0.05, 0) is 12.1 Å². The average molecular weight is 282 g/mol. The van der Waals surface area contributed by atoms with Crippen molar-refractivity contribution in [3.63, 3.8) is 0 Å². The van der Waals surface area contributed by atoms with Gasteiger partial charge in [0.25, 0.3) is 0 Å². The van der Waals surface area contributed by atoms with E-state index in [2.05, 4.69) is 10.1 Å². The minimum atomic E-state index is 0.178. The molecule has 19 heavy (non-hydrogen) atoms. The van der Waals surface area contributed by atoms with Crippen molar-refractivity contribution in [3.05, 3.63) is 23.0 Å². The predicted molar refractivity (Wildman–Crippen MR) is 68.2 cm³/mol. The Balaban J connectivity index is 2.13. The minimum Gasteiger partial charge on any atom is -0.490 e. The van der Waals surface area contributed by atoms with Crippen LogP contribution >= 0.6 is 11.6 Å². The Morgan fingerprint density at radius 2 is 2.11 bits per heavy atom. The highest BCUT2D eigenvalue weighted by Gasteiger charge is 2.22. The summed E-state index contributed by atoms with van der Waals surface area (Å²) in [6, 6.07) is 3.50. The molecule has 7 heteroatoms. The van der Waals surface area contributed by atoms with Crippen molar-refractivity contribution >= 4 is 11.6 Å². The van der Waals surface area contributed by atoms with Gasteiger partial charge in [-0.15, -0.1) is 0 Å². The Labute approximate surface area is 114 Å². The molecule has 0 fully saturated rings. The van der Waals surface area contributed by atoms with E-state index in [0.717, 1.165) is 6.42 Å². The molecule has 0 amide bonds. The second kappa shape index (κ2) is 5.07. The van der Waals surface area contributed by atoms with E-state index in [4.69, 9.17) is 31.3 Å². The second-order valence-electron chi connectivity index (χ2n) is 4.02. The molecular formula is C12H12ClN3O3. The monoisotopic (exact) mass is 281 g/mol. The first-order valence-electron chi connectivity index (χ1n) is 5.90. The maximum Gasteiger partial charge on any atom is 0.240 e. The Morgan fingerprint density at radius 3 is 2.89 bits per heavy atom. The van der Waals surface area contributed by atoms with Crippen LogP contribution in [0.25, 0.3) is 11.4 Å². The quantitative estimate of drug-likeness (QED) is 0.906. The van der Waals surface area contributed by atoms with Crippen LogP contribution in [0, 0.1) is 0 Å². The van der Waals surface area contributed by atoms with Gasteiger partial charge < -0.3 is 19.7 Å². The largest absolute Gasteiger partial charge is 0.490 e. The van der Waals surface area contributed by atoms with Gasteiger partial charge in [0.1, 0.15) is 0 Å². The number of aromatic nitrogens is 2. The molecule has 1 aliphatic rings. The standard InChI is InChI=1S/C12H12ClN3O3/c13-7-2-3-8-11(18-5-1-4-17-8)10(7)12-15-9(6-14)19-16-12/h2-3H,1,4-6,14H2. The molecule has 1 aromatic heterocycles. The first kappa shape index (κ1) is 12.3. The number of nitrogens with two attached hydrogens (primary N) is 1. The predicted octanol–water partition coefficient (Wildman–Crippen LogP) is 2.01. The van der Waals surface area contributed by atoms with Crippen LogP contribution in [0.1, 0.15) is 12.3 Å². The summed E-state index contributed by atoms with van der Waals surface area (Å²) in [7, 11) is 0. The fourth-order valence-corrected chi connectivity index (χ4v) is 2.09. The number of hydrogen-bond donors (Lipinski definition) is 1. The molecule has 0 radical (unpaired) electrons. The van der Waals surface area contributed by atoms with Crippen molar-refractivity contribution < 1.29 is 14.0 Å². The number of nitrogens with zero attached hydrogens (tertiary/aromatic N) is 2. The second-order valence-corrected chi connectivity index (χ2v) is 4.42. The summed E-state index contributed by atoms with van der Waals surface area (Å²) >= 11 is 6.21. The summed E-state index contributed by atoms with van der Waals surface area (Å²) in [5, 5.41) is 4.35. The summed E-state index contributed by atoms with van der Waals surface area (Å²) in [5.74, 6) is 1.89. The smallest absolute Gasteiger partial charge is 0.240 e. The molecule has 0 atom stereocenters. The fraction of sp³-hybridized carbons (Fsp3) is 0.333. The van der Waals surface area contributed by atoms with Gasteiger partial charge in [0.05, 0.1) is 30.3 Å². The third-order valence-electron chi connectivity index (χ3n) is 2.73. The van der Waals surface area contributed by atoms with Gasteiger partial charge >= 0.3 is 0 Å². The first-order chi connectivity index (χ1) is 9.29. The van der Waals surface area contributed by atoms with Crippen molar-refractivity contribution in [3.8, 4) is 22.9 Å². The summed E-state index contributed by atoms with van der Waals surface area (Å²) in [5.41, 5.74) is 6.03. The topological polar surface area (TPSA) is 83.4 Å². The van der Waals surface area contributed by atoms with Crippen LogP contribution in [0.5, 0.6) is 11.5 Å². The van der Waals surface area contributed by atoms with Gasteiger partial charge in [-0.25, -0.2) is 0 Å². The van der Waals surface area contributed by atoms with E-state index in [0.29, 0.717) is 47.0 Å². The zero-order chi connectivity index (χ0) is 13.2. The summed E-state index contributed by atoms with van der Waals surface area (Å²) in [6.45, 7) is 1.34. The lowest BCUT2D eigenvalue weighted by atomic mass is 10.1. The molecule has 0 bridgehead atoms. The molecule has 0 unspecified atom stereocenters. The summed E-state index contributed by atoms with van der Waals surface area (Å²) in [6.07, 6.45) is 0.812. The van der Waals surface area contributed by atoms with E-state index < -0.39 is 0 Å². The number of benzene rings is 1. The maximum atomic E-state index is 6.21. The van der Waals surface area contributed by atoms with Crippen LogP contribution in [0.4, 0.5) is 0 Å². The van der Waals surface area contributed by atoms with Gasteiger partial charge in [0, 0.05) is 6.42 Å². The van der Waals surface area contributed by atoms with Crippen molar-refractivity contribution in [2.75, 3.05) is 13.2 Å². The van der Waals surface area contributed by atoms with Gasteiger partial charge in [-0.2, -0.15) is 4.98 Å². The number of ether oxygens (including phenoxy) is 2. The van der Waals surface area contributed by atoms with E-state index in [1.807, 2.05) is 0 Å². The van der Waals surface area contributed by atoms with Gasteiger partial charge in [0.2, 0.25) is 11.7 Å². The summed E-state index contributed by atoms with van der Waals surface area (Å²) < 4.78 is 16.3. The molecule has 100 valence electrons. The highest BCUT2D eigenvalue weighted by molar-refractivity contribution is 6.33. The van der Waals surface area contributed by atoms with Gasteiger partial charge in [-0.1, -0.05) is 16.8 Å². The maximum absolute atomic E-state index is 6.21. The minimum absolute atomic E-state index is 0.178. The SMILES string of the molecule is NCc1nc(-c2c(Cl)ccc3c2OCCCO3)no1. The summed E-state index contributed by atoms with van der Waals surface area (Å²) in [4.78, 5) is 4.18. The van der Waals surface area contributed by atoms with Crippen molar-refractivity contribution in [1.29, 1.82) is 0 Å². The molecule has 1 aromatic carbocycles. The zero-order valence-electron chi connectivity index (χ0n) is 10.1. The normalized spacial score (nSPS) is 14.2. The zero-order valence-corrected chi connectivity index (χ0v) is 10.8. The molecule has 6 nitrogen and oxygen atoms in total. The van der Waals surface area contributed by atoms with Crippen molar-refractivity contribution in [1.82, 2.24) is 10.1 Å². The molecule has 0 saturated heterocycles. The van der Waals surface area contributed by atoms with Crippen molar-refractivity contribution in [2.24, 2.45) is 5.73 Å². The Kier molecular flexibility index (Phi) is 3.27. The Bertz CT molecular complexity index is 600. The highest BCUT2D eigenvalue weighted by Crippen LogP contribution is 2.42. The molecule has 2 aromatic rings. The fourth-order valence-electron chi connectivity index (χ4n) is 1.86. The third kappa shape index (κ3) is 2.24. The average Bonchev–Trinajstić information content (AvgIpc) is 2.76. The Hall–Kier alpha value is -1.79. The van der Waals surface area contributed by atoms with Crippen LogP contribution < -0.4 is 15.2 Å². The molecule has 0 saturated carbocycles. The van der Waals surface area contributed by atoms with E-state index >= 15 is 0 Å². The first-order valence-corrected chi connectivity index (χ1v) is 6.28. The van der Waals surface area contributed by atoms with E-state index in [9.17, 15) is 0 Å². The lowest BCUT2D eigenvalue weighted by Gasteiger charge is -2.11. The number of hydrogen-bond acceptors (Lipinski definition) is 6. The van der Waals surface area contributed by atoms with E-state index in [-0.39, 0.29) is 6.54 Å². The van der Waals surface area contributed by atoms with Crippen LogP contribution in [0.15, 0.2) is 16.7 Å². The molecule has 0 aliphatic carbocycles. The van der Waals surface area contributed by atoms with Gasteiger partial charge in [0.15, 0.2) is 11.5 Å². The van der Waals surface area contributed by atoms with E-state index in [1.165, 1.54) is 0 Å². The molecule has 3 rings (SSSR count). The molecular weight excluding hydrogens is 270 g/mol. The third-order valence-corrected chi connectivity index (χ3v) is 3.04. The van der Waals surface area contributed by atoms with Gasteiger partial charge in [-0.3, -0.25) is 0 Å². The number of fused-ring (bicyclic) bond motifs is 1. The van der Waals surface area contributed by atoms with Crippen LogP contribution in [-0.2, 0) is 6.54 Å². The lowest BCUT2D eigenvalue weighted by molar-refractivity contribution is 0.297. The molecule has 2 heterocycles. The molecule has 1 aliphatic heterocycles. The number of halogens is 1. The Morgan fingerprint density at radius 1 is 1.26 bits per heavy atom. The van der Waals surface area contributed by atoms with E-state index in [1.54, 1.807) is 12.1 Å². The van der Waals surface area contributed by atoms with Crippen LogP contribution in [0.3, 0.4) is 0 Å². The van der Waals surface area contributed by atoms with Crippen molar-refractivity contribution in [2.45, 2.75) is 13.0 Å². The van der Waals surface area contributed by atoms with Crippen LogP contribution in [-0.4, -0.2) is 23.4 Å². The highest BCUT2D eigenvalue weighted by atomic mass is 35.5. The van der Waals surface area contributed by atoms with Crippen LogP contribution in [0.2, 0.25) is 5.02 Å².